The summed E-state index contributed by atoms with van der Waals surface area (Å²) in [6, 6.07) is 6.24. The molecule has 1 aliphatic rings. The summed E-state index contributed by atoms with van der Waals surface area (Å²) in [7, 11) is 0. The van der Waals surface area contributed by atoms with Crippen molar-refractivity contribution < 1.29 is 0 Å². The van der Waals surface area contributed by atoms with E-state index in [9.17, 15) is 0 Å². The third kappa shape index (κ3) is 3.95. The Balaban J connectivity index is 1.82. The van der Waals surface area contributed by atoms with Gasteiger partial charge in [0.2, 0.25) is 0 Å². The van der Waals surface area contributed by atoms with Crippen molar-refractivity contribution in [2.24, 2.45) is 0 Å². The highest BCUT2D eigenvalue weighted by Crippen LogP contribution is 2.07. The first kappa shape index (κ1) is 12.8. The van der Waals surface area contributed by atoms with Gasteiger partial charge in [0, 0.05) is 50.8 Å². The molecule has 0 bridgehead atoms. The van der Waals surface area contributed by atoms with Crippen LogP contribution in [0.1, 0.15) is 11.4 Å². The van der Waals surface area contributed by atoms with Crippen LogP contribution in [0, 0.1) is 6.92 Å². The van der Waals surface area contributed by atoms with Crippen LogP contribution in [0.25, 0.3) is 0 Å². The van der Waals surface area contributed by atoms with Crippen molar-refractivity contribution in [3.05, 3.63) is 29.6 Å². The largest absolute Gasteiger partial charge is 0.300 e. The Morgan fingerprint density at radius 1 is 1.18 bits per heavy atom. The number of alkyl halides is 1. The molecule has 2 heterocycles. The Hall–Kier alpha value is -0.640. The zero-order valence-electron chi connectivity index (χ0n) is 10.4. The third-order valence-corrected chi connectivity index (χ3v) is 3.37. The molecule has 1 aromatic rings. The topological polar surface area (TPSA) is 19.4 Å². The second-order valence-electron chi connectivity index (χ2n) is 4.58. The predicted molar refractivity (Wildman–Crippen MR) is 71.4 cm³/mol. The molecular formula is C13H20ClN3. The number of pyridine rings is 1. The van der Waals surface area contributed by atoms with Crippen LogP contribution < -0.4 is 0 Å². The van der Waals surface area contributed by atoms with Gasteiger partial charge in [-0.05, 0) is 19.1 Å². The van der Waals surface area contributed by atoms with Crippen molar-refractivity contribution in [1.82, 2.24) is 14.8 Å². The van der Waals surface area contributed by atoms with Gasteiger partial charge in [0.15, 0.2) is 0 Å². The molecule has 0 N–H and O–H groups in total. The van der Waals surface area contributed by atoms with E-state index >= 15 is 0 Å². The van der Waals surface area contributed by atoms with Crippen LogP contribution in [0.3, 0.4) is 0 Å². The fourth-order valence-corrected chi connectivity index (χ4v) is 2.45. The summed E-state index contributed by atoms with van der Waals surface area (Å²) in [6.45, 7) is 8.51. The van der Waals surface area contributed by atoms with E-state index in [0.717, 1.165) is 50.8 Å². The fraction of sp³-hybridized carbons (Fsp3) is 0.615. The number of aromatic nitrogens is 1. The van der Waals surface area contributed by atoms with Crippen molar-refractivity contribution >= 4 is 11.6 Å². The normalized spacial score (nSPS) is 18.5. The maximum Gasteiger partial charge on any atom is 0.0547 e. The number of aryl methyl sites for hydroxylation is 1. The zero-order valence-corrected chi connectivity index (χ0v) is 11.2. The average Bonchev–Trinajstić information content (AvgIpc) is 2.32. The van der Waals surface area contributed by atoms with E-state index in [2.05, 4.69) is 26.9 Å². The number of halogens is 1. The summed E-state index contributed by atoms with van der Waals surface area (Å²) in [6.07, 6.45) is 0. The van der Waals surface area contributed by atoms with Crippen molar-refractivity contribution in [2.75, 3.05) is 38.6 Å². The highest BCUT2D eigenvalue weighted by atomic mass is 35.5. The van der Waals surface area contributed by atoms with E-state index in [-0.39, 0.29) is 0 Å². The van der Waals surface area contributed by atoms with Crippen LogP contribution >= 0.6 is 11.6 Å². The van der Waals surface area contributed by atoms with Crippen molar-refractivity contribution in [3.8, 4) is 0 Å². The lowest BCUT2D eigenvalue weighted by Gasteiger charge is -2.34. The minimum Gasteiger partial charge on any atom is -0.300 e. The van der Waals surface area contributed by atoms with E-state index in [4.69, 9.17) is 11.6 Å². The van der Waals surface area contributed by atoms with Crippen LogP contribution in [0.15, 0.2) is 18.2 Å². The van der Waals surface area contributed by atoms with Crippen LogP contribution in [-0.2, 0) is 6.54 Å². The second kappa shape index (κ2) is 6.34. The molecule has 1 fully saturated rings. The maximum atomic E-state index is 5.75. The lowest BCUT2D eigenvalue weighted by atomic mass is 10.2. The minimum atomic E-state index is 0.736. The Labute approximate surface area is 108 Å². The smallest absolute Gasteiger partial charge is 0.0547 e. The minimum absolute atomic E-state index is 0.736. The summed E-state index contributed by atoms with van der Waals surface area (Å²) < 4.78 is 0. The molecule has 4 heteroatoms. The number of piperazine rings is 1. The van der Waals surface area contributed by atoms with Crippen LogP contribution in [0.4, 0.5) is 0 Å². The van der Waals surface area contributed by atoms with E-state index in [0.29, 0.717) is 0 Å². The molecule has 3 nitrogen and oxygen atoms in total. The monoisotopic (exact) mass is 253 g/mol. The highest BCUT2D eigenvalue weighted by molar-refractivity contribution is 6.18. The zero-order chi connectivity index (χ0) is 12.1. The van der Waals surface area contributed by atoms with Gasteiger partial charge in [0.1, 0.15) is 0 Å². The molecule has 0 aromatic carbocycles. The van der Waals surface area contributed by atoms with E-state index < -0.39 is 0 Å². The van der Waals surface area contributed by atoms with Crippen molar-refractivity contribution in [3.63, 3.8) is 0 Å². The van der Waals surface area contributed by atoms with Crippen LogP contribution in [0.2, 0.25) is 0 Å². The van der Waals surface area contributed by atoms with Gasteiger partial charge in [0.05, 0.1) is 5.69 Å². The molecule has 2 rings (SSSR count). The van der Waals surface area contributed by atoms with E-state index in [1.54, 1.807) is 0 Å². The van der Waals surface area contributed by atoms with E-state index in [1.165, 1.54) is 5.69 Å². The molecule has 0 atom stereocenters. The molecule has 0 radical (unpaired) electrons. The van der Waals surface area contributed by atoms with Gasteiger partial charge in [-0.1, -0.05) is 6.07 Å². The van der Waals surface area contributed by atoms with Gasteiger partial charge in [-0.3, -0.25) is 14.8 Å². The fourth-order valence-electron chi connectivity index (χ4n) is 2.21. The van der Waals surface area contributed by atoms with Gasteiger partial charge in [-0.25, -0.2) is 0 Å². The molecular weight excluding hydrogens is 234 g/mol. The predicted octanol–water partition coefficient (Wildman–Crippen LogP) is 1.75. The molecule has 1 saturated heterocycles. The van der Waals surface area contributed by atoms with Crippen molar-refractivity contribution in [1.29, 1.82) is 0 Å². The summed E-state index contributed by atoms with van der Waals surface area (Å²) in [4.78, 5) is 9.43. The Bertz CT molecular complexity index is 348. The van der Waals surface area contributed by atoms with Gasteiger partial charge in [0.25, 0.3) is 0 Å². The Morgan fingerprint density at radius 2 is 1.88 bits per heavy atom. The number of rotatable bonds is 4. The number of hydrogen-bond donors (Lipinski definition) is 0. The molecule has 17 heavy (non-hydrogen) atoms. The van der Waals surface area contributed by atoms with Crippen molar-refractivity contribution in [2.45, 2.75) is 13.5 Å². The summed E-state index contributed by atoms with van der Waals surface area (Å²) in [5.41, 5.74) is 2.28. The van der Waals surface area contributed by atoms with Gasteiger partial charge in [-0.2, -0.15) is 0 Å². The first-order valence-electron chi connectivity index (χ1n) is 6.21. The molecule has 1 aliphatic heterocycles. The standard InChI is InChI=1S/C13H20ClN3/c1-12-3-2-4-13(15-12)11-17-9-7-16(6-5-14)8-10-17/h2-4H,5-11H2,1H3. The summed E-state index contributed by atoms with van der Waals surface area (Å²) >= 11 is 5.75. The molecule has 0 saturated carbocycles. The molecule has 0 aliphatic carbocycles. The first-order valence-corrected chi connectivity index (χ1v) is 6.74. The highest BCUT2D eigenvalue weighted by Gasteiger charge is 2.16. The quantitative estimate of drug-likeness (QED) is 0.763. The molecule has 0 spiro atoms. The Morgan fingerprint density at radius 3 is 2.53 bits per heavy atom. The van der Waals surface area contributed by atoms with E-state index in [1.807, 2.05) is 13.0 Å². The van der Waals surface area contributed by atoms with Gasteiger partial charge >= 0.3 is 0 Å². The lowest BCUT2D eigenvalue weighted by molar-refractivity contribution is 0.131. The SMILES string of the molecule is Cc1cccc(CN2CCN(CCCl)CC2)n1. The number of hydrogen-bond acceptors (Lipinski definition) is 3. The maximum absolute atomic E-state index is 5.75. The third-order valence-electron chi connectivity index (χ3n) is 3.20. The average molecular weight is 254 g/mol. The lowest BCUT2D eigenvalue weighted by Crippen LogP contribution is -2.46. The molecule has 1 aromatic heterocycles. The molecule has 0 unspecified atom stereocenters. The first-order chi connectivity index (χ1) is 8.28. The summed E-state index contributed by atoms with van der Waals surface area (Å²) in [5, 5.41) is 0. The Kier molecular flexibility index (Phi) is 4.77. The molecule has 94 valence electrons. The molecule has 0 amide bonds. The second-order valence-corrected chi connectivity index (χ2v) is 4.96. The van der Waals surface area contributed by atoms with Gasteiger partial charge in [-0.15, -0.1) is 11.6 Å². The number of nitrogens with zero attached hydrogens (tertiary/aromatic N) is 3. The van der Waals surface area contributed by atoms with Gasteiger partial charge < -0.3 is 0 Å². The van der Waals surface area contributed by atoms with Crippen LogP contribution in [-0.4, -0.2) is 53.4 Å². The van der Waals surface area contributed by atoms with Crippen LogP contribution in [0.5, 0.6) is 0 Å². The summed E-state index contributed by atoms with van der Waals surface area (Å²) in [5.74, 6) is 0.736.